The van der Waals surface area contributed by atoms with Crippen molar-refractivity contribution in [2.24, 2.45) is 0 Å². The number of carbonyl (C=O) groups is 1. The Labute approximate surface area is 242 Å². The summed E-state index contributed by atoms with van der Waals surface area (Å²) in [5.41, 5.74) is -4.29. The number of pyridine rings is 1. The third-order valence-electron chi connectivity index (χ3n) is 7.76. The SMILES string of the molecule is CC1CN(c2cc(F)c(C3=CCN(c4ncc(O)cn4)C3)c(F)c2NC(=O)c2c[nH]c(=O)cc2C(F)(F)F)CC(C)N1C. The number of hydrogen-bond acceptors (Lipinski definition) is 8. The molecule has 2 aliphatic heterocycles. The number of halogens is 5. The highest BCUT2D eigenvalue weighted by Gasteiger charge is 2.37. The Hall–Kier alpha value is -4.53. The molecule has 2 aliphatic rings. The summed E-state index contributed by atoms with van der Waals surface area (Å²) in [6.07, 6.45) is -0.542. The number of hydrogen-bond donors (Lipinski definition) is 3. The Bertz CT molecular complexity index is 1630. The summed E-state index contributed by atoms with van der Waals surface area (Å²) in [4.78, 5) is 40.3. The van der Waals surface area contributed by atoms with Crippen molar-refractivity contribution in [2.75, 3.05) is 48.3 Å². The van der Waals surface area contributed by atoms with E-state index >= 15 is 8.78 Å². The molecule has 1 fully saturated rings. The molecule has 2 unspecified atom stereocenters. The Morgan fingerprint density at radius 1 is 1.09 bits per heavy atom. The fourth-order valence-corrected chi connectivity index (χ4v) is 5.31. The summed E-state index contributed by atoms with van der Waals surface area (Å²) in [6.45, 7) is 4.64. The van der Waals surface area contributed by atoms with Crippen LogP contribution in [-0.4, -0.2) is 76.2 Å². The molecule has 1 aromatic carbocycles. The minimum Gasteiger partial charge on any atom is -0.505 e. The number of alkyl halides is 3. The molecule has 43 heavy (non-hydrogen) atoms. The van der Waals surface area contributed by atoms with Crippen molar-refractivity contribution in [1.29, 1.82) is 0 Å². The predicted octanol–water partition coefficient (Wildman–Crippen LogP) is 3.85. The quantitative estimate of drug-likeness (QED) is 0.376. The van der Waals surface area contributed by atoms with Gasteiger partial charge in [-0.05, 0) is 26.5 Å². The van der Waals surface area contributed by atoms with Crippen molar-refractivity contribution in [2.45, 2.75) is 32.1 Å². The molecule has 0 bridgehead atoms. The van der Waals surface area contributed by atoms with Crippen molar-refractivity contribution in [3.8, 4) is 5.75 Å². The molecule has 2 aromatic heterocycles. The van der Waals surface area contributed by atoms with E-state index in [0.717, 1.165) is 6.07 Å². The van der Waals surface area contributed by atoms with Crippen LogP contribution in [0.15, 0.2) is 41.6 Å². The van der Waals surface area contributed by atoms with E-state index in [0.29, 0.717) is 19.3 Å². The summed E-state index contributed by atoms with van der Waals surface area (Å²) in [7, 11) is 1.91. The van der Waals surface area contributed by atoms with E-state index in [1.165, 1.54) is 12.4 Å². The van der Waals surface area contributed by atoms with Crippen LogP contribution in [0.4, 0.5) is 39.3 Å². The number of likely N-dealkylation sites (N-methyl/N-ethyl adjacent to an activating group) is 1. The Morgan fingerprint density at radius 3 is 2.37 bits per heavy atom. The van der Waals surface area contributed by atoms with Gasteiger partial charge in [0.2, 0.25) is 11.5 Å². The number of amides is 1. The van der Waals surface area contributed by atoms with Crippen molar-refractivity contribution in [3.05, 3.63) is 75.5 Å². The van der Waals surface area contributed by atoms with Crippen molar-refractivity contribution in [1.82, 2.24) is 19.9 Å². The summed E-state index contributed by atoms with van der Waals surface area (Å²) in [6, 6.07) is 1.21. The lowest BCUT2D eigenvalue weighted by Gasteiger charge is -2.44. The number of piperazine rings is 1. The van der Waals surface area contributed by atoms with Crippen molar-refractivity contribution < 1.29 is 31.9 Å². The van der Waals surface area contributed by atoms with Crippen LogP contribution in [0.1, 0.15) is 35.3 Å². The molecule has 0 aliphatic carbocycles. The highest BCUT2D eigenvalue weighted by molar-refractivity contribution is 6.07. The van der Waals surface area contributed by atoms with Crippen molar-refractivity contribution in [3.63, 3.8) is 0 Å². The van der Waals surface area contributed by atoms with E-state index in [1.807, 2.05) is 25.9 Å². The zero-order valence-electron chi connectivity index (χ0n) is 23.3. The normalized spacial score (nSPS) is 19.5. The molecule has 3 N–H and O–H groups in total. The first-order valence-electron chi connectivity index (χ1n) is 13.3. The van der Waals surface area contributed by atoms with Gasteiger partial charge in [0.05, 0.1) is 34.8 Å². The van der Waals surface area contributed by atoms with E-state index in [9.17, 15) is 27.9 Å². The standard InChI is InChI=1S/C28H28F5N7O3/c1-14-11-40(12-15(2)38(14)3)21-7-20(29)23(16-4-5-39(13-16)27-35-8-17(41)9-36-27)24(30)25(21)37-26(43)18-10-34-22(42)6-19(18)28(31,32)33/h4,6-10,14-15,41H,5,11-13H2,1-3H3,(H,34,42)(H,37,43). The number of H-pyrrole nitrogens is 1. The van der Waals surface area contributed by atoms with E-state index in [4.69, 9.17) is 0 Å². The zero-order valence-corrected chi connectivity index (χ0v) is 23.3. The van der Waals surface area contributed by atoms with Crippen LogP contribution in [0.3, 0.4) is 0 Å². The minimum absolute atomic E-state index is 0.0218. The first-order valence-corrected chi connectivity index (χ1v) is 13.3. The average Bonchev–Trinajstić information content (AvgIpc) is 3.42. The second-order valence-corrected chi connectivity index (χ2v) is 10.6. The molecule has 228 valence electrons. The number of nitrogens with one attached hydrogen (secondary N) is 2. The molecule has 1 saturated heterocycles. The van der Waals surface area contributed by atoms with Gasteiger partial charge in [0.1, 0.15) is 11.5 Å². The van der Waals surface area contributed by atoms with Crippen LogP contribution in [0, 0.1) is 11.6 Å². The lowest BCUT2D eigenvalue weighted by atomic mass is 10.0. The Morgan fingerprint density at radius 2 is 1.74 bits per heavy atom. The zero-order chi connectivity index (χ0) is 31.2. The van der Waals surface area contributed by atoms with Gasteiger partial charge in [-0.1, -0.05) is 6.08 Å². The van der Waals surface area contributed by atoms with Crippen LogP contribution in [-0.2, 0) is 6.18 Å². The second kappa shape index (κ2) is 11.3. The van der Waals surface area contributed by atoms with E-state index in [-0.39, 0.29) is 54.2 Å². The molecular weight excluding hydrogens is 577 g/mol. The smallest absolute Gasteiger partial charge is 0.417 e. The number of aromatic hydroxyl groups is 1. The summed E-state index contributed by atoms with van der Waals surface area (Å²) in [5, 5.41) is 11.7. The predicted molar refractivity (Wildman–Crippen MR) is 149 cm³/mol. The number of benzene rings is 1. The largest absolute Gasteiger partial charge is 0.505 e. The van der Waals surface area contributed by atoms with Gasteiger partial charge in [-0.3, -0.25) is 14.5 Å². The maximum Gasteiger partial charge on any atom is 0.417 e. The number of carbonyl (C=O) groups excluding carboxylic acids is 1. The Kier molecular flexibility index (Phi) is 7.86. The molecule has 0 spiro atoms. The highest BCUT2D eigenvalue weighted by Crippen LogP contribution is 2.40. The molecule has 4 heterocycles. The summed E-state index contributed by atoms with van der Waals surface area (Å²) in [5.74, 6) is -3.39. The van der Waals surface area contributed by atoms with E-state index < -0.39 is 51.7 Å². The van der Waals surface area contributed by atoms with Gasteiger partial charge < -0.3 is 25.2 Å². The molecule has 0 radical (unpaired) electrons. The van der Waals surface area contributed by atoms with Crippen LogP contribution < -0.4 is 20.7 Å². The minimum atomic E-state index is -5.05. The third kappa shape index (κ3) is 5.89. The third-order valence-corrected chi connectivity index (χ3v) is 7.76. The molecule has 10 nitrogen and oxygen atoms in total. The molecule has 0 saturated carbocycles. The number of aromatic amines is 1. The highest BCUT2D eigenvalue weighted by atomic mass is 19.4. The van der Waals surface area contributed by atoms with Crippen LogP contribution in [0.25, 0.3) is 5.57 Å². The molecule has 3 aromatic rings. The van der Waals surface area contributed by atoms with Crippen LogP contribution in [0.5, 0.6) is 5.75 Å². The number of anilines is 3. The van der Waals surface area contributed by atoms with Crippen LogP contribution >= 0.6 is 0 Å². The second-order valence-electron chi connectivity index (χ2n) is 10.6. The molecule has 15 heteroatoms. The molecule has 5 rings (SSSR count). The van der Waals surface area contributed by atoms with Gasteiger partial charge in [-0.25, -0.2) is 18.7 Å². The lowest BCUT2D eigenvalue weighted by Crippen LogP contribution is -2.55. The maximum atomic E-state index is 16.4. The first kappa shape index (κ1) is 29.9. The van der Waals surface area contributed by atoms with Gasteiger partial charge in [0.25, 0.3) is 5.91 Å². The van der Waals surface area contributed by atoms with Gasteiger partial charge in [-0.2, -0.15) is 13.2 Å². The average molecular weight is 606 g/mol. The maximum absolute atomic E-state index is 16.4. The van der Waals surface area contributed by atoms with Gasteiger partial charge >= 0.3 is 6.18 Å². The fraction of sp³-hybridized carbons (Fsp3) is 0.357. The number of aromatic nitrogens is 3. The monoisotopic (exact) mass is 605 g/mol. The Balaban J connectivity index is 1.57. The van der Waals surface area contributed by atoms with E-state index in [1.54, 1.807) is 15.9 Å². The van der Waals surface area contributed by atoms with Crippen LogP contribution in [0.2, 0.25) is 0 Å². The van der Waals surface area contributed by atoms with Gasteiger partial charge in [0, 0.05) is 56.6 Å². The van der Waals surface area contributed by atoms with Crippen molar-refractivity contribution >= 4 is 28.8 Å². The number of nitrogens with zero attached hydrogens (tertiary/aromatic N) is 5. The number of rotatable bonds is 5. The lowest BCUT2D eigenvalue weighted by molar-refractivity contribution is -0.138. The topological polar surface area (TPSA) is 118 Å². The summed E-state index contributed by atoms with van der Waals surface area (Å²) >= 11 is 0. The summed E-state index contributed by atoms with van der Waals surface area (Å²) < 4.78 is 73.4. The van der Waals surface area contributed by atoms with Gasteiger partial charge in [-0.15, -0.1) is 0 Å². The molecular formula is C28H28F5N7O3. The fourth-order valence-electron chi connectivity index (χ4n) is 5.31. The van der Waals surface area contributed by atoms with Gasteiger partial charge in [0.15, 0.2) is 11.6 Å². The molecule has 2 atom stereocenters. The first-order chi connectivity index (χ1) is 20.2. The molecule has 1 amide bonds. The van der Waals surface area contributed by atoms with E-state index in [2.05, 4.69) is 20.2 Å².